The van der Waals surface area contributed by atoms with Crippen molar-refractivity contribution in [3.63, 3.8) is 0 Å². The first-order valence-corrected chi connectivity index (χ1v) is 7.23. The van der Waals surface area contributed by atoms with Gasteiger partial charge >= 0.3 is 5.97 Å². The molecule has 0 aliphatic carbocycles. The first-order valence-electron chi connectivity index (χ1n) is 6.08. The third-order valence-electron chi connectivity index (χ3n) is 2.48. The second kappa shape index (κ2) is 8.21. The molecule has 114 valence electrons. The maximum Gasteiger partial charge on any atom is 0.329 e. The van der Waals surface area contributed by atoms with E-state index in [-0.39, 0.29) is 17.1 Å². The number of aromatic hydroxyl groups is 2. The van der Waals surface area contributed by atoms with Crippen molar-refractivity contribution < 1.29 is 24.5 Å². The number of carbonyl (C=O) groups is 2. The zero-order valence-corrected chi connectivity index (χ0v) is 12.4. The predicted octanol–water partition coefficient (Wildman–Crippen LogP) is 1.29. The number of hydrogen-bond donors (Lipinski definition) is 3. The Morgan fingerprint density at radius 3 is 2.52 bits per heavy atom. The highest BCUT2D eigenvalue weighted by molar-refractivity contribution is 7.99. The molecule has 1 rings (SSSR count). The Balaban J connectivity index is 2.78. The van der Waals surface area contributed by atoms with Crippen LogP contribution in [0.2, 0.25) is 0 Å². The standard InChI is InChI=1S/C14H17NO5S/c1-3-4-21-8-12(14(19)20-2)15-13(18)9-5-10(16)7-11(17)6-9/h3,5-7,12,16-17H,1,4,8H2,2H3,(H,15,18)/t12-/m0/s1. The van der Waals surface area contributed by atoms with Gasteiger partial charge < -0.3 is 20.3 Å². The van der Waals surface area contributed by atoms with Crippen LogP contribution >= 0.6 is 11.8 Å². The molecule has 0 saturated carbocycles. The Bertz CT molecular complexity index is 512. The molecule has 0 saturated heterocycles. The van der Waals surface area contributed by atoms with Gasteiger partial charge in [-0.1, -0.05) is 6.08 Å². The Morgan fingerprint density at radius 1 is 1.38 bits per heavy atom. The van der Waals surface area contributed by atoms with E-state index in [1.807, 2.05) is 0 Å². The molecule has 7 heteroatoms. The van der Waals surface area contributed by atoms with Crippen LogP contribution in [0, 0.1) is 0 Å². The molecule has 1 aromatic carbocycles. The van der Waals surface area contributed by atoms with E-state index in [0.29, 0.717) is 11.5 Å². The summed E-state index contributed by atoms with van der Waals surface area (Å²) in [4.78, 5) is 23.7. The second-order valence-corrected chi connectivity index (χ2v) is 5.19. The van der Waals surface area contributed by atoms with Crippen molar-refractivity contribution in [1.29, 1.82) is 0 Å². The molecule has 3 N–H and O–H groups in total. The summed E-state index contributed by atoms with van der Waals surface area (Å²) in [7, 11) is 1.24. The predicted molar refractivity (Wildman–Crippen MR) is 80.6 cm³/mol. The van der Waals surface area contributed by atoms with Crippen molar-refractivity contribution in [2.75, 3.05) is 18.6 Å². The molecule has 21 heavy (non-hydrogen) atoms. The third kappa shape index (κ3) is 5.39. The number of benzene rings is 1. The Morgan fingerprint density at radius 2 is 2.00 bits per heavy atom. The lowest BCUT2D eigenvalue weighted by Crippen LogP contribution is -2.43. The molecule has 1 atom stereocenters. The van der Waals surface area contributed by atoms with E-state index < -0.39 is 17.9 Å². The van der Waals surface area contributed by atoms with Crippen LogP contribution in [-0.4, -0.2) is 46.7 Å². The summed E-state index contributed by atoms with van der Waals surface area (Å²) in [6, 6.07) is 2.67. The molecular formula is C14H17NO5S. The zero-order chi connectivity index (χ0) is 15.8. The molecule has 0 fully saturated rings. The minimum Gasteiger partial charge on any atom is -0.508 e. The van der Waals surface area contributed by atoms with Gasteiger partial charge in [0, 0.05) is 23.1 Å². The van der Waals surface area contributed by atoms with Crippen LogP contribution in [0.5, 0.6) is 11.5 Å². The number of phenolic OH excluding ortho intramolecular Hbond substituents is 2. The largest absolute Gasteiger partial charge is 0.508 e. The summed E-state index contributed by atoms with van der Waals surface area (Å²) in [5, 5.41) is 21.2. The van der Waals surface area contributed by atoms with Crippen molar-refractivity contribution in [3.05, 3.63) is 36.4 Å². The summed E-state index contributed by atoms with van der Waals surface area (Å²) in [5.74, 6) is -0.669. The molecule has 1 aromatic rings. The number of esters is 1. The number of ether oxygens (including phenoxy) is 1. The van der Waals surface area contributed by atoms with Gasteiger partial charge in [-0.15, -0.1) is 6.58 Å². The van der Waals surface area contributed by atoms with E-state index in [4.69, 9.17) is 0 Å². The molecule has 1 amide bonds. The highest BCUT2D eigenvalue weighted by Gasteiger charge is 2.22. The number of rotatable bonds is 7. The van der Waals surface area contributed by atoms with Gasteiger partial charge in [0.25, 0.3) is 5.91 Å². The lowest BCUT2D eigenvalue weighted by atomic mass is 10.1. The second-order valence-electron chi connectivity index (χ2n) is 4.11. The summed E-state index contributed by atoms with van der Waals surface area (Å²) in [6.07, 6.45) is 1.69. The third-order valence-corrected chi connectivity index (χ3v) is 3.52. The van der Waals surface area contributed by atoms with Crippen LogP contribution in [-0.2, 0) is 9.53 Å². The monoisotopic (exact) mass is 311 g/mol. The Kier molecular flexibility index (Phi) is 6.61. The lowest BCUT2D eigenvalue weighted by molar-refractivity contribution is -0.142. The molecule has 0 unspecified atom stereocenters. The Labute approximate surface area is 126 Å². The number of hydrogen-bond acceptors (Lipinski definition) is 6. The zero-order valence-electron chi connectivity index (χ0n) is 11.5. The van der Waals surface area contributed by atoms with Gasteiger partial charge in [-0.3, -0.25) is 4.79 Å². The number of phenols is 2. The number of thioether (sulfide) groups is 1. The normalized spacial score (nSPS) is 11.5. The van der Waals surface area contributed by atoms with E-state index in [0.717, 1.165) is 6.07 Å². The van der Waals surface area contributed by atoms with Crippen LogP contribution in [0.25, 0.3) is 0 Å². The highest BCUT2D eigenvalue weighted by Crippen LogP contribution is 2.20. The van der Waals surface area contributed by atoms with Crippen LogP contribution in [0.15, 0.2) is 30.9 Å². The average molecular weight is 311 g/mol. The fourth-order valence-electron chi connectivity index (χ4n) is 1.55. The quantitative estimate of drug-likeness (QED) is 0.399. The van der Waals surface area contributed by atoms with Crippen LogP contribution in [0.4, 0.5) is 0 Å². The van der Waals surface area contributed by atoms with Crippen molar-refractivity contribution in [2.24, 2.45) is 0 Å². The van der Waals surface area contributed by atoms with E-state index >= 15 is 0 Å². The van der Waals surface area contributed by atoms with Gasteiger partial charge in [0.2, 0.25) is 0 Å². The Hall–Kier alpha value is -2.15. The molecular weight excluding hydrogens is 294 g/mol. The molecule has 0 bridgehead atoms. The number of nitrogens with one attached hydrogen (secondary N) is 1. The summed E-state index contributed by atoms with van der Waals surface area (Å²) >= 11 is 1.42. The molecule has 0 aliphatic heterocycles. The maximum absolute atomic E-state index is 12.0. The number of amides is 1. The van der Waals surface area contributed by atoms with Gasteiger partial charge in [0.15, 0.2) is 0 Å². The molecule has 0 heterocycles. The molecule has 6 nitrogen and oxygen atoms in total. The molecule has 0 radical (unpaired) electrons. The summed E-state index contributed by atoms with van der Waals surface area (Å²) < 4.78 is 4.64. The topological polar surface area (TPSA) is 95.9 Å². The van der Waals surface area contributed by atoms with Crippen molar-refractivity contribution in [3.8, 4) is 11.5 Å². The minimum atomic E-state index is -0.822. The summed E-state index contributed by atoms with van der Waals surface area (Å²) in [5.41, 5.74) is 0.0510. The van der Waals surface area contributed by atoms with Crippen LogP contribution in [0.3, 0.4) is 0 Å². The maximum atomic E-state index is 12.0. The van der Waals surface area contributed by atoms with E-state index in [1.54, 1.807) is 6.08 Å². The fraction of sp³-hybridized carbons (Fsp3) is 0.286. The smallest absolute Gasteiger partial charge is 0.329 e. The first-order chi connectivity index (χ1) is 9.97. The number of carbonyl (C=O) groups excluding carboxylic acids is 2. The first kappa shape index (κ1) is 16.9. The molecule has 0 aromatic heterocycles. The van der Waals surface area contributed by atoms with E-state index in [1.165, 1.54) is 31.0 Å². The lowest BCUT2D eigenvalue weighted by Gasteiger charge is -2.16. The molecule has 0 spiro atoms. The summed E-state index contributed by atoms with van der Waals surface area (Å²) in [6.45, 7) is 3.57. The fourth-order valence-corrected chi connectivity index (χ4v) is 2.31. The molecule has 0 aliphatic rings. The van der Waals surface area contributed by atoms with E-state index in [2.05, 4.69) is 16.6 Å². The number of methoxy groups -OCH3 is 1. The van der Waals surface area contributed by atoms with Crippen LogP contribution < -0.4 is 5.32 Å². The van der Waals surface area contributed by atoms with Gasteiger partial charge in [0.1, 0.15) is 17.5 Å². The van der Waals surface area contributed by atoms with E-state index in [9.17, 15) is 19.8 Å². The minimum absolute atomic E-state index is 0.0510. The average Bonchev–Trinajstić information content (AvgIpc) is 2.44. The SMILES string of the molecule is C=CCSC[C@H](NC(=O)c1cc(O)cc(O)c1)C(=O)OC. The highest BCUT2D eigenvalue weighted by atomic mass is 32.2. The van der Waals surface area contributed by atoms with Gasteiger partial charge in [-0.05, 0) is 12.1 Å². The van der Waals surface area contributed by atoms with Crippen LogP contribution in [0.1, 0.15) is 10.4 Å². The van der Waals surface area contributed by atoms with Gasteiger partial charge in [-0.2, -0.15) is 11.8 Å². The van der Waals surface area contributed by atoms with Gasteiger partial charge in [0.05, 0.1) is 7.11 Å². The van der Waals surface area contributed by atoms with Gasteiger partial charge in [-0.25, -0.2) is 4.79 Å². The van der Waals surface area contributed by atoms with Crippen molar-refractivity contribution >= 4 is 23.6 Å². The van der Waals surface area contributed by atoms with Crippen molar-refractivity contribution in [2.45, 2.75) is 6.04 Å². The van der Waals surface area contributed by atoms with Crippen molar-refractivity contribution in [1.82, 2.24) is 5.32 Å².